The van der Waals surface area contributed by atoms with Crippen LogP contribution in [0.15, 0.2) is 24.3 Å². The minimum Gasteiger partial charge on any atom is -0.497 e. The maximum Gasteiger partial charge on any atom is 0.329 e. The summed E-state index contributed by atoms with van der Waals surface area (Å²) in [4.78, 5) is 23.4. The van der Waals surface area contributed by atoms with Crippen LogP contribution < -0.4 is 10.1 Å². The van der Waals surface area contributed by atoms with Gasteiger partial charge in [-0.1, -0.05) is 13.8 Å². The molecule has 0 aliphatic heterocycles. The first-order valence-electron chi connectivity index (χ1n) is 7.06. The molecule has 0 aliphatic carbocycles. The van der Waals surface area contributed by atoms with Gasteiger partial charge in [0, 0.05) is 11.6 Å². The molecule has 0 bridgehead atoms. The molecule has 1 aromatic carbocycles. The molecule has 0 amide bonds. The first-order chi connectivity index (χ1) is 10.0. The lowest BCUT2D eigenvalue weighted by Crippen LogP contribution is -2.41. The van der Waals surface area contributed by atoms with Crippen molar-refractivity contribution in [2.75, 3.05) is 19.0 Å². The van der Waals surface area contributed by atoms with Crippen LogP contribution in [-0.4, -0.2) is 32.0 Å². The second kappa shape index (κ2) is 8.29. The van der Waals surface area contributed by atoms with Crippen molar-refractivity contribution >= 4 is 17.9 Å². The molecule has 0 aliphatic rings. The maximum atomic E-state index is 12.1. The molecular formula is C16H23NO4. The van der Waals surface area contributed by atoms with Gasteiger partial charge in [0.15, 0.2) is 0 Å². The number of ether oxygens (including phenoxy) is 2. The van der Waals surface area contributed by atoms with Gasteiger partial charge in [0.25, 0.3) is 0 Å². The lowest BCUT2D eigenvalue weighted by molar-refractivity contribution is -0.146. The molecule has 21 heavy (non-hydrogen) atoms. The van der Waals surface area contributed by atoms with E-state index in [4.69, 9.17) is 9.47 Å². The number of benzene rings is 1. The van der Waals surface area contributed by atoms with Gasteiger partial charge in [0.2, 0.25) is 0 Å². The van der Waals surface area contributed by atoms with E-state index in [-0.39, 0.29) is 12.5 Å². The van der Waals surface area contributed by atoms with Crippen LogP contribution in [0, 0.1) is 11.8 Å². The summed E-state index contributed by atoms with van der Waals surface area (Å²) in [5, 5.41) is 3.09. The van der Waals surface area contributed by atoms with Crippen LogP contribution in [0.1, 0.15) is 20.8 Å². The second-order valence-electron chi connectivity index (χ2n) is 5.06. The highest BCUT2D eigenvalue weighted by Gasteiger charge is 2.31. The van der Waals surface area contributed by atoms with E-state index in [0.29, 0.717) is 0 Å². The number of hydrogen-bond donors (Lipinski definition) is 1. The lowest BCUT2D eigenvalue weighted by atomic mass is 9.89. The lowest BCUT2D eigenvalue weighted by Gasteiger charge is -2.26. The van der Waals surface area contributed by atoms with E-state index in [0.717, 1.165) is 17.7 Å². The molecule has 0 aromatic heterocycles. The zero-order valence-corrected chi connectivity index (χ0v) is 13.0. The average Bonchev–Trinajstić information content (AvgIpc) is 2.47. The van der Waals surface area contributed by atoms with E-state index >= 15 is 0 Å². The number of nitrogens with one attached hydrogen (secondary N) is 1. The molecule has 5 heteroatoms. The minimum atomic E-state index is -0.698. The van der Waals surface area contributed by atoms with Gasteiger partial charge in [0.05, 0.1) is 13.7 Å². The smallest absolute Gasteiger partial charge is 0.329 e. The predicted molar refractivity (Wildman–Crippen MR) is 81.4 cm³/mol. The molecule has 5 nitrogen and oxygen atoms in total. The molecule has 0 saturated heterocycles. The van der Waals surface area contributed by atoms with Crippen LogP contribution in [-0.2, 0) is 14.3 Å². The Morgan fingerprint density at radius 1 is 1.29 bits per heavy atom. The molecule has 0 fully saturated rings. The van der Waals surface area contributed by atoms with Crippen LogP contribution in [0.2, 0.25) is 0 Å². The number of carbonyl (C=O) groups is 2. The Hall–Kier alpha value is -2.04. The topological polar surface area (TPSA) is 64.6 Å². The van der Waals surface area contributed by atoms with Crippen LogP contribution in [0.25, 0.3) is 0 Å². The number of hydrogen-bond acceptors (Lipinski definition) is 5. The van der Waals surface area contributed by atoms with Gasteiger partial charge in [0.1, 0.15) is 18.1 Å². The molecule has 0 saturated carbocycles. The number of carbonyl (C=O) groups excluding carboxylic acids is 2. The Labute approximate surface area is 125 Å². The van der Waals surface area contributed by atoms with Crippen molar-refractivity contribution in [3.63, 3.8) is 0 Å². The van der Waals surface area contributed by atoms with E-state index in [2.05, 4.69) is 5.32 Å². The van der Waals surface area contributed by atoms with Crippen LogP contribution in [0.5, 0.6) is 5.75 Å². The van der Waals surface area contributed by atoms with Crippen molar-refractivity contribution in [3.8, 4) is 5.75 Å². The quantitative estimate of drug-likeness (QED) is 0.589. The summed E-state index contributed by atoms with van der Waals surface area (Å²) in [6, 6.07) is 6.47. The average molecular weight is 293 g/mol. The van der Waals surface area contributed by atoms with Crippen molar-refractivity contribution < 1.29 is 19.1 Å². The van der Waals surface area contributed by atoms with Gasteiger partial charge >= 0.3 is 5.97 Å². The Bertz CT molecular complexity index is 456. The highest BCUT2D eigenvalue weighted by atomic mass is 16.5. The fourth-order valence-electron chi connectivity index (χ4n) is 2.03. The third-order valence-corrected chi connectivity index (χ3v) is 3.26. The summed E-state index contributed by atoms with van der Waals surface area (Å²) in [6.07, 6.45) is 0.808. The Morgan fingerprint density at radius 2 is 1.90 bits per heavy atom. The monoisotopic (exact) mass is 293 g/mol. The highest BCUT2D eigenvalue weighted by Crippen LogP contribution is 2.21. The van der Waals surface area contributed by atoms with E-state index < -0.39 is 17.9 Å². The van der Waals surface area contributed by atoms with Gasteiger partial charge < -0.3 is 19.6 Å². The van der Waals surface area contributed by atoms with E-state index in [1.807, 2.05) is 13.8 Å². The molecule has 0 heterocycles. The van der Waals surface area contributed by atoms with Gasteiger partial charge in [-0.25, -0.2) is 4.79 Å². The van der Waals surface area contributed by atoms with Gasteiger partial charge in [-0.2, -0.15) is 0 Å². The summed E-state index contributed by atoms with van der Waals surface area (Å²) >= 11 is 0. The van der Waals surface area contributed by atoms with Crippen LogP contribution >= 0.6 is 0 Å². The Kier molecular flexibility index (Phi) is 6.72. The highest BCUT2D eigenvalue weighted by molar-refractivity contribution is 5.83. The summed E-state index contributed by atoms with van der Waals surface area (Å²) in [7, 11) is 1.59. The fraction of sp³-hybridized carbons (Fsp3) is 0.500. The third kappa shape index (κ3) is 4.77. The maximum absolute atomic E-state index is 12.1. The summed E-state index contributed by atoms with van der Waals surface area (Å²) < 4.78 is 10.2. The van der Waals surface area contributed by atoms with Crippen LogP contribution in [0.3, 0.4) is 0 Å². The SMILES string of the molecule is CCOC(=O)[C@@H](Nc1ccc(OC)cc1)[C@@H](C=O)C(C)C. The van der Waals surface area contributed by atoms with Crippen molar-refractivity contribution in [3.05, 3.63) is 24.3 Å². The number of aldehydes is 1. The largest absolute Gasteiger partial charge is 0.497 e. The van der Waals surface area contributed by atoms with Crippen molar-refractivity contribution in [2.24, 2.45) is 11.8 Å². The number of esters is 1. The molecule has 0 spiro atoms. The number of anilines is 1. The Morgan fingerprint density at radius 3 is 2.33 bits per heavy atom. The van der Waals surface area contributed by atoms with Crippen molar-refractivity contribution in [2.45, 2.75) is 26.8 Å². The molecule has 0 unspecified atom stereocenters. The summed E-state index contributed by atoms with van der Waals surface area (Å²) in [5.41, 5.74) is 0.737. The molecule has 1 aromatic rings. The van der Waals surface area contributed by atoms with E-state index in [1.165, 1.54) is 0 Å². The van der Waals surface area contributed by atoms with Crippen molar-refractivity contribution in [1.29, 1.82) is 0 Å². The molecule has 2 atom stereocenters. The summed E-state index contributed by atoms with van der Waals surface area (Å²) in [5.74, 6) is -0.114. The molecule has 0 radical (unpaired) electrons. The van der Waals surface area contributed by atoms with Gasteiger partial charge in [-0.15, -0.1) is 0 Å². The van der Waals surface area contributed by atoms with E-state index in [9.17, 15) is 9.59 Å². The molecular weight excluding hydrogens is 270 g/mol. The second-order valence-corrected chi connectivity index (χ2v) is 5.06. The van der Waals surface area contributed by atoms with Gasteiger partial charge in [-0.3, -0.25) is 0 Å². The first-order valence-corrected chi connectivity index (χ1v) is 7.06. The standard InChI is InChI=1S/C16H23NO4/c1-5-21-16(19)15(14(10-18)11(2)3)17-12-6-8-13(20-4)9-7-12/h6-11,14-15,17H,5H2,1-4H3/t14-,15-/m0/s1. The van der Waals surface area contributed by atoms with E-state index in [1.54, 1.807) is 38.3 Å². The predicted octanol–water partition coefficient (Wildman–Crippen LogP) is 2.51. The normalized spacial score (nSPS) is 13.4. The zero-order chi connectivity index (χ0) is 15.8. The fourth-order valence-corrected chi connectivity index (χ4v) is 2.03. The van der Waals surface area contributed by atoms with Gasteiger partial charge in [-0.05, 0) is 37.1 Å². The molecule has 1 N–H and O–H groups in total. The molecule has 116 valence electrons. The summed E-state index contributed by atoms with van der Waals surface area (Å²) in [6.45, 7) is 5.83. The first kappa shape index (κ1) is 17.0. The van der Waals surface area contributed by atoms with Crippen molar-refractivity contribution in [1.82, 2.24) is 0 Å². The third-order valence-electron chi connectivity index (χ3n) is 3.26. The Balaban J connectivity index is 2.94. The number of rotatable bonds is 8. The zero-order valence-electron chi connectivity index (χ0n) is 13.0. The minimum absolute atomic E-state index is 0.0302. The van der Waals surface area contributed by atoms with Crippen LogP contribution in [0.4, 0.5) is 5.69 Å². The number of methoxy groups -OCH3 is 1. The molecule has 1 rings (SSSR count).